The molecule has 1 N–H and O–H groups in total. The molecule has 18 heavy (non-hydrogen) atoms. The second-order valence-corrected chi connectivity index (χ2v) is 7.24. The number of carbonyl (C=O) groups is 1. The molecule has 0 heterocycles. The van der Waals surface area contributed by atoms with Crippen molar-refractivity contribution in [2.75, 3.05) is 19.8 Å². The van der Waals surface area contributed by atoms with Gasteiger partial charge in [-0.15, -0.1) is 0 Å². The van der Waals surface area contributed by atoms with E-state index in [4.69, 9.17) is 4.74 Å². The third-order valence-corrected chi connectivity index (χ3v) is 2.83. The highest BCUT2D eigenvalue weighted by atomic mass is 16.5. The van der Waals surface area contributed by atoms with Gasteiger partial charge in [0, 0.05) is 17.9 Å². The van der Waals surface area contributed by atoms with Gasteiger partial charge < -0.3 is 10.1 Å². The van der Waals surface area contributed by atoms with Crippen molar-refractivity contribution in [3.63, 3.8) is 0 Å². The topological polar surface area (TPSA) is 38.3 Å². The molecule has 1 amide bonds. The second-order valence-electron chi connectivity index (χ2n) is 7.24. The van der Waals surface area contributed by atoms with E-state index in [-0.39, 0.29) is 22.7 Å². The van der Waals surface area contributed by atoms with E-state index in [1.54, 1.807) is 0 Å². The smallest absolute Gasteiger partial charge is 0.222 e. The molecule has 0 saturated heterocycles. The number of amides is 1. The third-order valence-electron chi connectivity index (χ3n) is 2.83. The van der Waals surface area contributed by atoms with Gasteiger partial charge in [0.2, 0.25) is 5.91 Å². The van der Waals surface area contributed by atoms with Crippen LogP contribution in [0.15, 0.2) is 0 Å². The Bertz CT molecular complexity index is 254. The predicted octanol–water partition coefficient (Wildman–Crippen LogP) is 3.24. The molecular formula is C15H31NO2. The van der Waals surface area contributed by atoms with Crippen molar-refractivity contribution in [3.8, 4) is 0 Å². The molecule has 0 aliphatic rings. The fourth-order valence-corrected chi connectivity index (χ4v) is 1.37. The van der Waals surface area contributed by atoms with Crippen molar-refractivity contribution >= 4 is 5.91 Å². The summed E-state index contributed by atoms with van der Waals surface area (Å²) >= 11 is 0. The van der Waals surface area contributed by atoms with Gasteiger partial charge in [0.25, 0.3) is 0 Å². The first-order valence-electron chi connectivity index (χ1n) is 6.93. The fraction of sp³-hybridized carbons (Fsp3) is 0.933. The lowest BCUT2D eigenvalue weighted by Crippen LogP contribution is -2.39. The van der Waals surface area contributed by atoms with Crippen LogP contribution in [-0.4, -0.2) is 25.7 Å². The van der Waals surface area contributed by atoms with Crippen molar-refractivity contribution < 1.29 is 9.53 Å². The Morgan fingerprint density at radius 2 is 1.72 bits per heavy atom. The van der Waals surface area contributed by atoms with Gasteiger partial charge in [-0.05, 0) is 11.8 Å². The second kappa shape index (κ2) is 7.13. The molecule has 0 aromatic heterocycles. The Kier molecular flexibility index (Phi) is 6.90. The maximum atomic E-state index is 11.7. The van der Waals surface area contributed by atoms with Crippen molar-refractivity contribution in [1.82, 2.24) is 5.32 Å². The maximum absolute atomic E-state index is 11.7. The lowest BCUT2D eigenvalue weighted by Gasteiger charge is -2.27. The van der Waals surface area contributed by atoms with Crippen LogP contribution in [0, 0.1) is 16.7 Å². The zero-order valence-corrected chi connectivity index (χ0v) is 13.2. The van der Waals surface area contributed by atoms with E-state index in [1.807, 2.05) is 13.8 Å². The summed E-state index contributed by atoms with van der Waals surface area (Å²) in [5.41, 5.74) is 0.171. The molecule has 3 nitrogen and oxygen atoms in total. The molecule has 0 rings (SSSR count). The van der Waals surface area contributed by atoms with Crippen LogP contribution in [-0.2, 0) is 9.53 Å². The number of rotatable bonds is 7. The lowest BCUT2D eigenvalue weighted by molar-refractivity contribution is -0.125. The number of hydrogen-bond donors (Lipinski definition) is 1. The largest absolute Gasteiger partial charge is 0.380 e. The Balaban J connectivity index is 3.97. The summed E-state index contributed by atoms with van der Waals surface area (Å²) in [6.45, 7) is 16.8. The first kappa shape index (κ1) is 17.4. The molecule has 108 valence electrons. The maximum Gasteiger partial charge on any atom is 0.222 e. The SMILES string of the molecule is CCC(C)C(=O)NCC(C)(C)COCC(C)(C)C. The van der Waals surface area contributed by atoms with E-state index >= 15 is 0 Å². The van der Waals surface area contributed by atoms with Crippen LogP contribution < -0.4 is 5.32 Å². The van der Waals surface area contributed by atoms with Gasteiger partial charge >= 0.3 is 0 Å². The van der Waals surface area contributed by atoms with Gasteiger partial charge in [-0.3, -0.25) is 4.79 Å². The standard InChI is InChI=1S/C15H31NO2/c1-8-12(2)13(17)16-9-15(6,7)11-18-10-14(3,4)5/h12H,8-11H2,1-7H3,(H,16,17). The van der Waals surface area contributed by atoms with Gasteiger partial charge in [-0.2, -0.15) is 0 Å². The molecule has 0 spiro atoms. The molecule has 0 aromatic rings. The minimum absolute atomic E-state index is 0.0195. The van der Waals surface area contributed by atoms with E-state index in [2.05, 4.69) is 39.9 Å². The average Bonchev–Trinajstić information content (AvgIpc) is 2.22. The molecule has 0 fully saturated rings. The summed E-state index contributed by atoms with van der Waals surface area (Å²) in [5, 5.41) is 3.00. The first-order valence-corrected chi connectivity index (χ1v) is 6.93. The van der Waals surface area contributed by atoms with E-state index in [0.717, 1.165) is 13.0 Å². The summed E-state index contributed by atoms with van der Waals surface area (Å²) in [5.74, 6) is 0.234. The lowest BCUT2D eigenvalue weighted by atomic mass is 9.93. The van der Waals surface area contributed by atoms with Crippen molar-refractivity contribution in [2.24, 2.45) is 16.7 Å². The Labute approximate surface area is 113 Å². The van der Waals surface area contributed by atoms with Crippen LogP contribution in [0.1, 0.15) is 54.9 Å². The molecule has 0 aromatic carbocycles. The zero-order valence-electron chi connectivity index (χ0n) is 13.2. The van der Waals surface area contributed by atoms with Crippen molar-refractivity contribution in [3.05, 3.63) is 0 Å². The van der Waals surface area contributed by atoms with Crippen LogP contribution >= 0.6 is 0 Å². The van der Waals surface area contributed by atoms with Crippen molar-refractivity contribution in [2.45, 2.75) is 54.9 Å². The number of nitrogens with one attached hydrogen (secondary N) is 1. The summed E-state index contributed by atoms with van der Waals surface area (Å²) < 4.78 is 5.73. The van der Waals surface area contributed by atoms with Crippen LogP contribution in [0.2, 0.25) is 0 Å². The zero-order chi connectivity index (χ0) is 14.4. The molecule has 0 bridgehead atoms. The fourth-order valence-electron chi connectivity index (χ4n) is 1.37. The summed E-state index contributed by atoms with van der Waals surface area (Å²) in [6.07, 6.45) is 0.882. The molecular weight excluding hydrogens is 226 g/mol. The monoisotopic (exact) mass is 257 g/mol. The number of carbonyl (C=O) groups excluding carboxylic acids is 1. The summed E-state index contributed by atoms with van der Waals surface area (Å²) in [7, 11) is 0. The van der Waals surface area contributed by atoms with Gasteiger partial charge in [0.15, 0.2) is 0 Å². The highest BCUT2D eigenvalue weighted by Crippen LogP contribution is 2.18. The van der Waals surface area contributed by atoms with E-state index in [1.165, 1.54) is 0 Å². The Morgan fingerprint density at radius 3 is 2.17 bits per heavy atom. The van der Waals surface area contributed by atoms with E-state index in [9.17, 15) is 4.79 Å². The van der Waals surface area contributed by atoms with Crippen LogP contribution in [0.5, 0.6) is 0 Å². The highest BCUT2D eigenvalue weighted by molar-refractivity contribution is 5.78. The summed E-state index contributed by atoms with van der Waals surface area (Å²) in [4.78, 5) is 11.7. The van der Waals surface area contributed by atoms with Crippen LogP contribution in [0.25, 0.3) is 0 Å². The van der Waals surface area contributed by atoms with Gasteiger partial charge in [-0.25, -0.2) is 0 Å². The first-order chi connectivity index (χ1) is 8.07. The third kappa shape index (κ3) is 8.51. The minimum Gasteiger partial charge on any atom is -0.380 e. The Morgan fingerprint density at radius 1 is 1.17 bits per heavy atom. The van der Waals surface area contributed by atoms with Gasteiger partial charge in [-0.1, -0.05) is 48.5 Å². The Hall–Kier alpha value is -0.570. The summed E-state index contributed by atoms with van der Waals surface area (Å²) in [6, 6.07) is 0. The predicted molar refractivity (Wildman–Crippen MR) is 76.5 cm³/mol. The average molecular weight is 257 g/mol. The highest BCUT2D eigenvalue weighted by Gasteiger charge is 2.22. The minimum atomic E-state index is -0.0195. The van der Waals surface area contributed by atoms with Crippen molar-refractivity contribution in [1.29, 1.82) is 0 Å². The quantitative estimate of drug-likeness (QED) is 0.760. The molecule has 3 heteroatoms. The van der Waals surface area contributed by atoms with Gasteiger partial charge in [0.1, 0.15) is 0 Å². The van der Waals surface area contributed by atoms with Gasteiger partial charge in [0.05, 0.1) is 13.2 Å². The van der Waals surface area contributed by atoms with E-state index in [0.29, 0.717) is 13.2 Å². The van der Waals surface area contributed by atoms with Crippen LogP contribution in [0.3, 0.4) is 0 Å². The molecule has 0 aliphatic carbocycles. The number of hydrogen-bond acceptors (Lipinski definition) is 2. The molecule has 0 radical (unpaired) electrons. The number of ether oxygens (including phenoxy) is 1. The molecule has 1 unspecified atom stereocenters. The molecule has 0 aliphatic heterocycles. The van der Waals surface area contributed by atoms with E-state index < -0.39 is 0 Å². The van der Waals surface area contributed by atoms with Crippen LogP contribution in [0.4, 0.5) is 0 Å². The normalized spacial score (nSPS) is 14.4. The molecule has 0 saturated carbocycles. The molecule has 1 atom stereocenters.